The van der Waals surface area contributed by atoms with E-state index in [1.54, 1.807) is 17.4 Å². The number of rotatable bonds is 2. The minimum atomic E-state index is 0.309. The monoisotopic (exact) mass is 293 g/mol. The van der Waals surface area contributed by atoms with Gasteiger partial charge in [0.2, 0.25) is 5.88 Å². The molecule has 2 heterocycles. The zero-order valence-electron chi connectivity index (χ0n) is 11.0. The van der Waals surface area contributed by atoms with Crippen LogP contribution in [0.3, 0.4) is 0 Å². The second kappa shape index (κ2) is 4.71. The van der Waals surface area contributed by atoms with Gasteiger partial charge in [0.25, 0.3) is 0 Å². The van der Waals surface area contributed by atoms with Gasteiger partial charge in [0.05, 0.1) is 10.2 Å². The maximum atomic E-state index is 5.62. The molecule has 0 saturated carbocycles. The molecule has 0 aliphatic rings. The summed E-state index contributed by atoms with van der Waals surface area (Å²) in [6.07, 6.45) is 0. The van der Waals surface area contributed by atoms with Crippen molar-refractivity contribution in [3.8, 4) is 21.8 Å². The number of anilines is 1. The molecule has 2 aromatic carbocycles. The molecular weight excluding hydrogens is 282 g/mol. The molecule has 0 saturated heterocycles. The summed E-state index contributed by atoms with van der Waals surface area (Å²) >= 11 is 1.67. The van der Waals surface area contributed by atoms with Crippen LogP contribution in [0.2, 0.25) is 0 Å². The number of fused-ring (bicyclic) bond motifs is 1. The highest BCUT2D eigenvalue weighted by atomic mass is 32.1. The van der Waals surface area contributed by atoms with Gasteiger partial charge in [-0.25, -0.2) is 4.98 Å². The van der Waals surface area contributed by atoms with Crippen molar-refractivity contribution in [1.82, 2.24) is 10.1 Å². The molecule has 0 radical (unpaired) electrons. The van der Waals surface area contributed by atoms with E-state index in [0.29, 0.717) is 5.88 Å². The van der Waals surface area contributed by atoms with E-state index >= 15 is 0 Å². The predicted octanol–water partition coefficient (Wildman–Crippen LogP) is 4.20. The highest BCUT2D eigenvalue weighted by molar-refractivity contribution is 7.21. The molecule has 2 N–H and O–H groups in total. The topological polar surface area (TPSA) is 64.9 Å². The Hall–Kier alpha value is -2.66. The van der Waals surface area contributed by atoms with E-state index in [-0.39, 0.29) is 0 Å². The number of hydrogen-bond acceptors (Lipinski definition) is 5. The first-order valence-electron chi connectivity index (χ1n) is 6.49. The molecule has 0 unspecified atom stereocenters. The molecule has 2 aromatic heterocycles. The Morgan fingerprint density at radius 3 is 2.48 bits per heavy atom. The summed E-state index contributed by atoms with van der Waals surface area (Å²) in [6.45, 7) is 0. The maximum absolute atomic E-state index is 5.62. The molecule has 0 aliphatic carbocycles. The molecule has 0 aliphatic heterocycles. The molecule has 4 nitrogen and oxygen atoms in total. The second-order valence-corrected chi connectivity index (χ2v) is 5.68. The fraction of sp³-hybridized carbons (Fsp3) is 0. The quantitative estimate of drug-likeness (QED) is 0.601. The minimum absolute atomic E-state index is 0.309. The van der Waals surface area contributed by atoms with Crippen LogP contribution in [0.4, 0.5) is 5.88 Å². The van der Waals surface area contributed by atoms with Crippen LogP contribution in [0.15, 0.2) is 59.1 Å². The Labute approximate surface area is 124 Å². The van der Waals surface area contributed by atoms with Gasteiger partial charge in [0.1, 0.15) is 10.7 Å². The van der Waals surface area contributed by atoms with Gasteiger partial charge in [-0.05, 0) is 12.1 Å². The summed E-state index contributed by atoms with van der Waals surface area (Å²) in [7, 11) is 0. The molecule has 0 fully saturated rings. The van der Waals surface area contributed by atoms with Gasteiger partial charge in [0.15, 0.2) is 0 Å². The van der Waals surface area contributed by atoms with Crippen molar-refractivity contribution >= 4 is 27.4 Å². The molecule has 21 heavy (non-hydrogen) atoms. The van der Waals surface area contributed by atoms with E-state index in [1.807, 2.05) is 42.5 Å². The number of nitrogen functional groups attached to an aromatic ring is 1. The maximum Gasteiger partial charge on any atom is 0.222 e. The Morgan fingerprint density at radius 2 is 1.71 bits per heavy atom. The molecular formula is C16H11N3OS. The Balaban J connectivity index is 1.92. The van der Waals surface area contributed by atoms with E-state index in [0.717, 1.165) is 27.3 Å². The summed E-state index contributed by atoms with van der Waals surface area (Å²) in [6, 6.07) is 17.8. The third kappa shape index (κ3) is 2.08. The summed E-state index contributed by atoms with van der Waals surface area (Å²) < 4.78 is 6.15. The van der Waals surface area contributed by atoms with Crippen molar-refractivity contribution in [1.29, 1.82) is 0 Å². The molecule has 0 bridgehead atoms. The lowest BCUT2D eigenvalue weighted by molar-refractivity contribution is 0.439. The van der Waals surface area contributed by atoms with Crippen LogP contribution < -0.4 is 5.73 Å². The fourth-order valence-corrected chi connectivity index (χ4v) is 3.30. The first-order chi connectivity index (χ1) is 10.3. The molecule has 0 spiro atoms. The predicted molar refractivity (Wildman–Crippen MR) is 85.0 cm³/mol. The SMILES string of the molecule is Nc1cc(-c2ccccc2-c2nc3ccccc3s2)no1. The largest absolute Gasteiger partial charge is 0.368 e. The van der Waals surface area contributed by atoms with Gasteiger partial charge in [-0.3, -0.25) is 0 Å². The summed E-state index contributed by atoms with van der Waals surface area (Å²) in [5.74, 6) is 0.309. The third-order valence-corrected chi connectivity index (χ3v) is 4.33. The van der Waals surface area contributed by atoms with Gasteiger partial charge < -0.3 is 10.3 Å². The highest BCUT2D eigenvalue weighted by Crippen LogP contribution is 2.36. The van der Waals surface area contributed by atoms with Gasteiger partial charge >= 0.3 is 0 Å². The molecule has 0 amide bonds. The summed E-state index contributed by atoms with van der Waals surface area (Å²) in [4.78, 5) is 4.70. The Bertz CT molecular complexity index is 893. The Morgan fingerprint density at radius 1 is 0.952 bits per heavy atom. The van der Waals surface area contributed by atoms with Gasteiger partial charge in [-0.2, -0.15) is 0 Å². The number of para-hydroxylation sites is 1. The van der Waals surface area contributed by atoms with E-state index in [9.17, 15) is 0 Å². The number of benzene rings is 2. The average Bonchev–Trinajstić information content (AvgIpc) is 3.13. The van der Waals surface area contributed by atoms with Gasteiger partial charge in [-0.15, -0.1) is 11.3 Å². The number of nitrogens with zero attached hydrogens (tertiary/aromatic N) is 2. The van der Waals surface area contributed by atoms with Crippen molar-refractivity contribution in [2.75, 3.05) is 5.73 Å². The Kier molecular flexibility index (Phi) is 2.72. The van der Waals surface area contributed by atoms with Gasteiger partial charge in [0, 0.05) is 17.2 Å². The van der Waals surface area contributed by atoms with Crippen molar-refractivity contribution in [2.24, 2.45) is 0 Å². The lowest BCUT2D eigenvalue weighted by Gasteiger charge is -2.02. The zero-order chi connectivity index (χ0) is 14.2. The number of thiazole rings is 1. The normalized spacial score (nSPS) is 11.0. The second-order valence-electron chi connectivity index (χ2n) is 4.65. The van der Waals surface area contributed by atoms with E-state index < -0.39 is 0 Å². The smallest absolute Gasteiger partial charge is 0.222 e. The molecule has 5 heteroatoms. The highest BCUT2D eigenvalue weighted by Gasteiger charge is 2.14. The van der Waals surface area contributed by atoms with Crippen LogP contribution in [-0.4, -0.2) is 10.1 Å². The number of aromatic nitrogens is 2. The van der Waals surface area contributed by atoms with Crippen LogP contribution in [0.1, 0.15) is 0 Å². The molecule has 4 aromatic rings. The molecule has 0 atom stereocenters. The average molecular weight is 293 g/mol. The van der Waals surface area contributed by atoms with Crippen molar-refractivity contribution in [2.45, 2.75) is 0 Å². The number of hydrogen-bond donors (Lipinski definition) is 1. The lowest BCUT2D eigenvalue weighted by Crippen LogP contribution is -1.84. The van der Waals surface area contributed by atoms with Crippen molar-refractivity contribution < 1.29 is 4.52 Å². The van der Waals surface area contributed by atoms with Crippen molar-refractivity contribution in [3.63, 3.8) is 0 Å². The van der Waals surface area contributed by atoms with Crippen molar-refractivity contribution in [3.05, 3.63) is 54.6 Å². The fourth-order valence-electron chi connectivity index (χ4n) is 2.30. The number of nitrogens with two attached hydrogens (primary N) is 1. The first-order valence-corrected chi connectivity index (χ1v) is 7.30. The summed E-state index contributed by atoms with van der Waals surface area (Å²) in [5, 5.41) is 4.97. The van der Waals surface area contributed by atoms with Crippen LogP contribution >= 0.6 is 11.3 Å². The molecule has 4 rings (SSSR count). The minimum Gasteiger partial charge on any atom is -0.368 e. The van der Waals surface area contributed by atoms with Crippen LogP contribution in [-0.2, 0) is 0 Å². The zero-order valence-corrected chi connectivity index (χ0v) is 11.8. The van der Waals surface area contributed by atoms with E-state index in [1.165, 1.54) is 4.70 Å². The van der Waals surface area contributed by atoms with E-state index in [2.05, 4.69) is 11.2 Å². The standard InChI is InChI=1S/C16H11N3OS/c17-15-9-13(19-20-15)10-5-1-2-6-11(10)16-18-12-7-3-4-8-14(12)21-16/h1-9H,17H2. The molecule has 102 valence electrons. The summed E-state index contributed by atoms with van der Waals surface area (Å²) in [5.41, 5.74) is 9.36. The first kappa shape index (κ1) is 12.1. The lowest BCUT2D eigenvalue weighted by atomic mass is 10.1. The van der Waals surface area contributed by atoms with E-state index in [4.69, 9.17) is 15.2 Å². The van der Waals surface area contributed by atoms with Gasteiger partial charge in [-0.1, -0.05) is 41.6 Å². The van der Waals surface area contributed by atoms with Crippen LogP contribution in [0.5, 0.6) is 0 Å². The van der Waals surface area contributed by atoms with Crippen LogP contribution in [0, 0.1) is 0 Å². The van der Waals surface area contributed by atoms with Crippen LogP contribution in [0.25, 0.3) is 32.0 Å². The third-order valence-electron chi connectivity index (χ3n) is 3.26.